The van der Waals surface area contributed by atoms with Crippen molar-refractivity contribution in [1.29, 1.82) is 0 Å². The third-order valence-corrected chi connectivity index (χ3v) is 4.53. The van der Waals surface area contributed by atoms with Crippen LogP contribution in [-0.2, 0) is 25.4 Å². The number of aryl methyl sites for hydroxylation is 2. The summed E-state index contributed by atoms with van der Waals surface area (Å²) in [4.78, 5) is 44.9. The van der Waals surface area contributed by atoms with E-state index < -0.39 is 5.69 Å². The van der Waals surface area contributed by atoms with Crippen LogP contribution in [-0.4, -0.2) is 29.6 Å². The Morgan fingerprint density at radius 1 is 1.19 bits per heavy atom. The molecule has 3 aromatic heterocycles. The average molecular weight is 370 g/mol. The van der Waals surface area contributed by atoms with Gasteiger partial charge in [-0.3, -0.25) is 23.7 Å². The van der Waals surface area contributed by atoms with Gasteiger partial charge in [0.15, 0.2) is 11.2 Å². The highest BCUT2D eigenvalue weighted by atomic mass is 16.2. The fourth-order valence-corrected chi connectivity index (χ4v) is 3.00. The molecule has 27 heavy (non-hydrogen) atoms. The third-order valence-electron chi connectivity index (χ3n) is 4.53. The highest BCUT2D eigenvalue weighted by Gasteiger charge is 2.15. The minimum atomic E-state index is -0.416. The number of rotatable bonds is 6. The molecule has 9 nitrogen and oxygen atoms in total. The van der Waals surface area contributed by atoms with Crippen LogP contribution >= 0.6 is 0 Å². The third kappa shape index (κ3) is 3.67. The van der Waals surface area contributed by atoms with Gasteiger partial charge >= 0.3 is 5.69 Å². The molecule has 0 spiro atoms. The molecule has 0 aromatic carbocycles. The van der Waals surface area contributed by atoms with Crippen LogP contribution in [0.5, 0.6) is 0 Å². The summed E-state index contributed by atoms with van der Waals surface area (Å²) >= 11 is 0. The molecule has 0 radical (unpaired) electrons. The van der Waals surface area contributed by atoms with Crippen molar-refractivity contribution in [2.24, 2.45) is 14.1 Å². The Kier molecular flexibility index (Phi) is 5.20. The number of hydrogen-bond acceptors (Lipinski definition) is 5. The van der Waals surface area contributed by atoms with Gasteiger partial charge in [0.25, 0.3) is 5.56 Å². The first-order chi connectivity index (χ1) is 12.9. The van der Waals surface area contributed by atoms with Gasteiger partial charge in [0.1, 0.15) is 0 Å². The molecule has 0 aliphatic heterocycles. The molecule has 1 atom stereocenters. The first-order valence-electron chi connectivity index (χ1n) is 8.71. The number of amides is 1. The molecule has 1 unspecified atom stereocenters. The largest absolute Gasteiger partial charge is 0.348 e. The zero-order valence-corrected chi connectivity index (χ0v) is 15.5. The molecule has 1 N–H and O–H groups in total. The molecule has 9 heteroatoms. The molecule has 0 aliphatic carbocycles. The first-order valence-corrected chi connectivity index (χ1v) is 8.71. The van der Waals surface area contributed by atoms with Gasteiger partial charge in [-0.25, -0.2) is 9.78 Å². The van der Waals surface area contributed by atoms with Crippen molar-refractivity contribution >= 4 is 17.1 Å². The van der Waals surface area contributed by atoms with Crippen LogP contribution in [0, 0.1) is 0 Å². The maximum Gasteiger partial charge on any atom is 0.332 e. The van der Waals surface area contributed by atoms with Crippen molar-refractivity contribution in [1.82, 2.24) is 29.0 Å². The number of nitrogens with one attached hydrogen (secondary N) is 1. The summed E-state index contributed by atoms with van der Waals surface area (Å²) in [7, 11) is 3.02. The molecule has 3 rings (SSSR count). The number of aromatic nitrogens is 5. The van der Waals surface area contributed by atoms with Crippen LogP contribution in [0.2, 0.25) is 0 Å². The quantitative estimate of drug-likeness (QED) is 0.680. The lowest BCUT2D eigenvalue weighted by Gasteiger charge is -2.13. The fraction of sp³-hybridized carbons (Fsp3) is 0.389. The van der Waals surface area contributed by atoms with E-state index in [1.807, 2.05) is 25.1 Å². The van der Waals surface area contributed by atoms with Crippen molar-refractivity contribution in [2.75, 3.05) is 0 Å². The topological polar surface area (TPSA) is 104 Å². The average Bonchev–Trinajstić information content (AvgIpc) is 3.09. The normalized spacial score (nSPS) is 12.3. The summed E-state index contributed by atoms with van der Waals surface area (Å²) in [6.45, 7) is 2.34. The molecular formula is C18H22N6O3. The second-order valence-corrected chi connectivity index (χ2v) is 6.46. The zero-order valence-electron chi connectivity index (χ0n) is 15.5. The van der Waals surface area contributed by atoms with Gasteiger partial charge in [-0.15, -0.1) is 0 Å². The molecule has 0 saturated heterocycles. The Hall–Kier alpha value is -3.23. The van der Waals surface area contributed by atoms with Gasteiger partial charge in [-0.05, 0) is 25.5 Å². The highest BCUT2D eigenvalue weighted by molar-refractivity contribution is 5.76. The van der Waals surface area contributed by atoms with E-state index in [2.05, 4.69) is 15.3 Å². The molecule has 3 heterocycles. The van der Waals surface area contributed by atoms with Gasteiger partial charge in [0.2, 0.25) is 5.91 Å². The molecular weight excluding hydrogens is 348 g/mol. The summed E-state index contributed by atoms with van der Waals surface area (Å²) in [6, 6.07) is 5.40. The van der Waals surface area contributed by atoms with Crippen LogP contribution in [0.1, 0.15) is 31.5 Å². The number of fused-ring (bicyclic) bond motifs is 1. The maximum atomic E-state index is 12.4. The van der Waals surface area contributed by atoms with Gasteiger partial charge in [0, 0.05) is 33.3 Å². The minimum Gasteiger partial charge on any atom is -0.348 e. The lowest BCUT2D eigenvalue weighted by molar-refractivity contribution is -0.121. The Morgan fingerprint density at radius 2 is 1.96 bits per heavy atom. The SMILES string of the molecule is CC(NC(=O)CCCn1cnc2c1c(=O)n(C)c(=O)n2C)c1ccccn1. The summed E-state index contributed by atoms with van der Waals surface area (Å²) in [5.74, 6) is -0.0853. The van der Waals surface area contributed by atoms with E-state index in [-0.39, 0.29) is 17.5 Å². The second-order valence-electron chi connectivity index (χ2n) is 6.46. The predicted molar refractivity (Wildman–Crippen MR) is 100 cm³/mol. The fourth-order valence-electron chi connectivity index (χ4n) is 3.00. The van der Waals surface area contributed by atoms with E-state index in [1.54, 1.807) is 17.8 Å². The molecule has 0 fully saturated rings. The number of carbonyl (C=O) groups is 1. The molecule has 0 saturated carbocycles. The standard InChI is InChI=1S/C18H22N6O3/c1-12(13-7-4-5-9-19-13)21-14(25)8-6-10-24-11-20-16-15(24)17(26)23(3)18(27)22(16)2/h4-5,7,9,11-12H,6,8,10H2,1-3H3,(H,21,25). The van der Waals surface area contributed by atoms with E-state index in [4.69, 9.17) is 0 Å². The summed E-state index contributed by atoms with van der Waals surface area (Å²) < 4.78 is 4.09. The second kappa shape index (κ2) is 7.56. The van der Waals surface area contributed by atoms with Crippen molar-refractivity contribution < 1.29 is 4.79 Å². The zero-order chi connectivity index (χ0) is 19.6. The number of carbonyl (C=O) groups excluding carboxylic acids is 1. The minimum absolute atomic E-state index is 0.0853. The van der Waals surface area contributed by atoms with E-state index in [9.17, 15) is 14.4 Å². The Bertz CT molecular complexity index is 1080. The van der Waals surface area contributed by atoms with Crippen LogP contribution in [0.25, 0.3) is 11.2 Å². The number of nitrogens with zero attached hydrogens (tertiary/aromatic N) is 5. The number of pyridine rings is 1. The highest BCUT2D eigenvalue weighted by Crippen LogP contribution is 2.10. The monoisotopic (exact) mass is 370 g/mol. The number of hydrogen-bond donors (Lipinski definition) is 1. The Morgan fingerprint density at radius 3 is 2.67 bits per heavy atom. The van der Waals surface area contributed by atoms with Crippen LogP contribution in [0.4, 0.5) is 0 Å². The Balaban J connectivity index is 1.65. The van der Waals surface area contributed by atoms with Gasteiger partial charge < -0.3 is 9.88 Å². The van der Waals surface area contributed by atoms with Crippen LogP contribution in [0.3, 0.4) is 0 Å². The number of imidazole rings is 1. The smallest absolute Gasteiger partial charge is 0.332 e. The Labute approximate surface area is 155 Å². The van der Waals surface area contributed by atoms with Crippen molar-refractivity contribution in [2.45, 2.75) is 32.4 Å². The van der Waals surface area contributed by atoms with E-state index in [0.29, 0.717) is 30.6 Å². The maximum absolute atomic E-state index is 12.4. The van der Waals surface area contributed by atoms with Crippen molar-refractivity contribution in [3.63, 3.8) is 0 Å². The predicted octanol–water partition coefficient (Wildman–Crippen LogP) is 0.486. The molecule has 0 bridgehead atoms. The van der Waals surface area contributed by atoms with Gasteiger partial charge in [-0.1, -0.05) is 6.07 Å². The molecule has 0 aliphatic rings. The first kappa shape index (κ1) is 18.6. The summed E-state index contributed by atoms with van der Waals surface area (Å²) in [5.41, 5.74) is 0.702. The van der Waals surface area contributed by atoms with Crippen LogP contribution in [0.15, 0.2) is 40.3 Å². The van der Waals surface area contributed by atoms with E-state index in [1.165, 1.54) is 17.9 Å². The van der Waals surface area contributed by atoms with E-state index >= 15 is 0 Å². The van der Waals surface area contributed by atoms with E-state index in [0.717, 1.165) is 10.3 Å². The van der Waals surface area contributed by atoms with Gasteiger partial charge in [-0.2, -0.15) is 0 Å². The van der Waals surface area contributed by atoms with Crippen molar-refractivity contribution in [3.05, 3.63) is 57.3 Å². The molecule has 1 amide bonds. The van der Waals surface area contributed by atoms with Crippen LogP contribution < -0.4 is 16.6 Å². The lowest BCUT2D eigenvalue weighted by Crippen LogP contribution is -2.37. The molecule has 142 valence electrons. The lowest BCUT2D eigenvalue weighted by atomic mass is 10.2. The van der Waals surface area contributed by atoms with Crippen molar-refractivity contribution in [3.8, 4) is 0 Å². The summed E-state index contributed by atoms with van der Waals surface area (Å²) in [6.07, 6.45) is 4.07. The molecule has 3 aromatic rings. The van der Waals surface area contributed by atoms with Gasteiger partial charge in [0.05, 0.1) is 18.1 Å². The summed E-state index contributed by atoms with van der Waals surface area (Å²) in [5, 5.41) is 2.91.